The molecule has 6 rings (SSSR count). The molecule has 2 aromatic rings. The van der Waals surface area contributed by atoms with Crippen molar-refractivity contribution in [2.45, 2.75) is 30.9 Å². The first-order chi connectivity index (χ1) is 20.9. The number of aliphatic hydroxyl groups is 3. The highest BCUT2D eigenvalue weighted by atomic mass is 16.3. The van der Waals surface area contributed by atoms with Gasteiger partial charge in [-0.15, -0.1) is 0 Å². The number of rotatable bonds is 5. The quantitative estimate of drug-likeness (QED) is 0.281. The number of aromatic hydroxyl groups is 1. The van der Waals surface area contributed by atoms with E-state index < -0.39 is 58.0 Å². The number of fused-ring (bicyclic) bond motifs is 3. The van der Waals surface area contributed by atoms with E-state index in [1.807, 2.05) is 12.2 Å². The summed E-state index contributed by atoms with van der Waals surface area (Å²) in [6.45, 7) is 0. The van der Waals surface area contributed by atoms with Crippen molar-refractivity contribution in [1.29, 1.82) is 0 Å². The molecule has 7 N–H and O–H groups in total. The highest BCUT2D eigenvalue weighted by Crippen LogP contribution is 2.53. The van der Waals surface area contributed by atoms with Crippen LogP contribution in [-0.2, 0) is 25.6 Å². The van der Waals surface area contributed by atoms with Crippen molar-refractivity contribution in [3.8, 4) is 16.9 Å². The molecule has 11 nitrogen and oxygen atoms in total. The Kier molecular flexibility index (Phi) is 6.82. The minimum Gasteiger partial charge on any atom is -0.508 e. The second-order valence-electron chi connectivity index (χ2n) is 11.8. The number of aliphatic hydroxyl groups excluding tert-OH is 2. The number of nitrogens with two attached hydrogens (primary N) is 1. The van der Waals surface area contributed by atoms with E-state index in [1.165, 1.54) is 11.0 Å². The lowest BCUT2D eigenvalue weighted by molar-refractivity contribution is -0.153. The van der Waals surface area contributed by atoms with Crippen molar-refractivity contribution >= 4 is 34.8 Å². The summed E-state index contributed by atoms with van der Waals surface area (Å²) in [4.78, 5) is 53.4. The lowest BCUT2D eigenvalue weighted by Gasteiger charge is -2.50. The first kappa shape index (κ1) is 29.1. The number of hydrogen-bond acceptors (Lipinski definition) is 9. The van der Waals surface area contributed by atoms with Crippen molar-refractivity contribution in [3.63, 3.8) is 0 Å². The van der Waals surface area contributed by atoms with Crippen LogP contribution in [0.2, 0.25) is 0 Å². The predicted octanol–water partition coefficient (Wildman–Crippen LogP) is 2.46. The fourth-order valence-electron chi connectivity index (χ4n) is 7.07. The van der Waals surface area contributed by atoms with E-state index >= 15 is 0 Å². The molecule has 0 radical (unpaired) electrons. The lowest BCUT2D eigenvalue weighted by Crippen LogP contribution is -2.65. The van der Waals surface area contributed by atoms with Crippen molar-refractivity contribution in [3.05, 3.63) is 88.2 Å². The van der Waals surface area contributed by atoms with Crippen molar-refractivity contribution < 1.29 is 39.6 Å². The number of phenolic OH excluding ortho intramolecular Hbond substituents is 1. The van der Waals surface area contributed by atoms with Crippen LogP contribution in [0.15, 0.2) is 77.1 Å². The number of primary amides is 1. The van der Waals surface area contributed by atoms with E-state index in [0.717, 1.165) is 5.56 Å². The summed E-state index contributed by atoms with van der Waals surface area (Å²) in [6, 6.07) is 8.98. The van der Waals surface area contributed by atoms with E-state index in [9.17, 15) is 39.6 Å². The van der Waals surface area contributed by atoms with E-state index in [-0.39, 0.29) is 35.6 Å². The van der Waals surface area contributed by atoms with Gasteiger partial charge in [0, 0.05) is 22.8 Å². The molecule has 0 aromatic heterocycles. The van der Waals surface area contributed by atoms with E-state index in [4.69, 9.17) is 5.73 Å². The Labute approximate surface area is 252 Å². The number of Topliss-reactive ketones (excluding diaryl/α,β-unsaturated/α-hetero) is 2. The molecule has 4 aliphatic carbocycles. The molecule has 0 bridgehead atoms. The van der Waals surface area contributed by atoms with Crippen LogP contribution < -0.4 is 11.1 Å². The number of nitrogens with zero attached hydrogens (tertiary/aromatic N) is 1. The fraction of sp³-hybridized carbons (Fsp3) is 0.273. The van der Waals surface area contributed by atoms with Gasteiger partial charge in [0.05, 0.1) is 11.6 Å². The summed E-state index contributed by atoms with van der Waals surface area (Å²) in [6.07, 6.45) is 6.21. The summed E-state index contributed by atoms with van der Waals surface area (Å²) < 4.78 is 0. The standard InChI is InChI=1S/C33H31N3O8/c1-36(2)26-21-14-17-13-20-19(15-7-9-18(10-8-15)35-32(43)16-5-3-4-6-16)11-12-22(37)24(20)27(38)23(17)29(40)33(21,44)30(41)25(28(26)39)31(34)42/h3-5,7-12,17,21,26,37-38,41,44H,6,13-14H2,1-2H3,(H2,34,42)(H,35,43). The molecule has 0 heterocycles. The Morgan fingerprint density at radius 1 is 1.05 bits per heavy atom. The Morgan fingerprint density at radius 3 is 2.36 bits per heavy atom. The van der Waals surface area contributed by atoms with Crippen LogP contribution in [0.4, 0.5) is 5.69 Å². The molecule has 0 aliphatic heterocycles. The summed E-state index contributed by atoms with van der Waals surface area (Å²) in [7, 11) is 3.11. The van der Waals surface area contributed by atoms with Crippen LogP contribution in [0.1, 0.15) is 24.0 Å². The number of nitrogens with one attached hydrogen (secondary N) is 1. The van der Waals surface area contributed by atoms with Crippen LogP contribution in [0, 0.1) is 11.8 Å². The molecule has 1 saturated carbocycles. The topological polar surface area (TPSA) is 190 Å². The number of hydrogen-bond donors (Lipinski definition) is 6. The van der Waals surface area contributed by atoms with Crippen molar-refractivity contribution in [2.24, 2.45) is 17.6 Å². The maximum atomic E-state index is 14.0. The molecule has 4 unspecified atom stereocenters. The third-order valence-corrected chi connectivity index (χ3v) is 9.12. The molecule has 0 spiro atoms. The molecule has 4 aliphatic rings. The van der Waals surface area contributed by atoms with Gasteiger partial charge >= 0.3 is 0 Å². The Morgan fingerprint density at radius 2 is 1.75 bits per heavy atom. The Hall–Kier alpha value is -5.00. The largest absolute Gasteiger partial charge is 0.508 e. The SMILES string of the molecule is CN(C)C1C(=O)C(C(N)=O)=C(O)C2(O)C(=O)C3=C(O)c4c(O)ccc(-c5ccc(NC(=O)C6=CC=CC6)cc5)c4CC3CC12. The van der Waals surface area contributed by atoms with Crippen LogP contribution >= 0.6 is 0 Å². The normalized spacial score (nSPS) is 25.9. The molecule has 226 valence electrons. The van der Waals surface area contributed by atoms with Gasteiger partial charge in [-0.1, -0.05) is 36.4 Å². The van der Waals surface area contributed by atoms with Gasteiger partial charge in [-0.05, 0) is 74.2 Å². The second-order valence-corrected chi connectivity index (χ2v) is 11.8. The van der Waals surface area contributed by atoms with E-state index in [0.29, 0.717) is 28.8 Å². The van der Waals surface area contributed by atoms with Gasteiger partial charge in [0.25, 0.3) is 11.8 Å². The van der Waals surface area contributed by atoms with Crippen LogP contribution in [0.5, 0.6) is 5.75 Å². The highest BCUT2D eigenvalue weighted by Gasteiger charge is 2.64. The van der Waals surface area contributed by atoms with E-state index in [1.54, 1.807) is 50.5 Å². The van der Waals surface area contributed by atoms with Crippen LogP contribution in [0.3, 0.4) is 0 Å². The van der Waals surface area contributed by atoms with Crippen molar-refractivity contribution in [1.82, 2.24) is 4.90 Å². The first-order valence-electron chi connectivity index (χ1n) is 14.1. The van der Waals surface area contributed by atoms with E-state index in [2.05, 4.69) is 5.32 Å². The smallest absolute Gasteiger partial charge is 0.255 e. The number of phenols is 1. The summed E-state index contributed by atoms with van der Waals surface area (Å²) >= 11 is 0. The lowest BCUT2D eigenvalue weighted by atomic mass is 9.57. The van der Waals surface area contributed by atoms with Gasteiger partial charge in [-0.25, -0.2) is 0 Å². The average molecular weight is 598 g/mol. The molecule has 11 heteroatoms. The van der Waals surface area contributed by atoms with Gasteiger partial charge in [-0.3, -0.25) is 24.1 Å². The van der Waals surface area contributed by atoms with Crippen molar-refractivity contribution in [2.75, 3.05) is 19.4 Å². The number of anilines is 1. The van der Waals surface area contributed by atoms with Gasteiger partial charge in [0.15, 0.2) is 11.4 Å². The fourth-order valence-corrected chi connectivity index (χ4v) is 7.07. The zero-order chi connectivity index (χ0) is 31.7. The molecular formula is C33H31N3O8. The van der Waals surface area contributed by atoms with Gasteiger partial charge in [-0.2, -0.15) is 0 Å². The van der Waals surface area contributed by atoms with Crippen LogP contribution in [-0.4, -0.2) is 74.4 Å². The third kappa shape index (κ3) is 4.19. The van der Waals surface area contributed by atoms with Gasteiger partial charge in [0.2, 0.25) is 5.78 Å². The maximum absolute atomic E-state index is 14.0. The number of likely N-dealkylation sites (N-methyl/N-ethyl adjacent to an activating group) is 1. The Balaban J connectivity index is 1.42. The Bertz CT molecular complexity index is 1780. The zero-order valence-electron chi connectivity index (χ0n) is 24.0. The monoisotopic (exact) mass is 597 g/mol. The second kappa shape index (κ2) is 10.3. The molecule has 44 heavy (non-hydrogen) atoms. The maximum Gasteiger partial charge on any atom is 0.255 e. The van der Waals surface area contributed by atoms with Gasteiger partial charge < -0.3 is 31.5 Å². The highest BCUT2D eigenvalue weighted by molar-refractivity contribution is 6.24. The van der Waals surface area contributed by atoms with Crippen LogP contribution in [0.25, 0.3) is 16.9 Å². The molecule has 1 fully saturated rings. The number of carbonyl (C=O) groups excluding carboxylic acids is 4. The first-order valence-corrected chi connectivity index (χ1v) is 14.1. The average Bonchev–Trinajstić information content (AvgIpc) is 3.51. The summed E-state index contributed by atoms with van der Waals surface area (Å²) in [5.74, 6) is -7.16. The molecule has 2 aromatic carbocycles. The number of ketones is 2. The number of amides is 2. The zero-order valence-corrected chi connectivity index (χ0v) is 24.0. The molecule has 0 saturated heterocycles. The minimum absolute atomic E-state index is 0.00344. The molecule has 2 amide bonds. The number of allylic oxidation sites excluding steroid dienone is 3. The number of carbonyl (C=O) groups is 4. The molecule has 4 atom stereocenters. The van der Waals surface area contributed by atoms with Gasteiger partial charge in [0.1, 0.15) is 22.8 Å². The summed E-state index contributed by atoms with van der Waals surface area (Å²) in [5, 5.41) is 47.9. The number of benzene rings is 2. The summed E-state index contributed by atoms with van der Waals surface area (Å²) in [5.41, 5.74) is 4.81. The molecular weight excluding hydrogens is 566 g/mol. The third-order valence-electron chi connectivity index (χ3n) is 9.12. The minimum atomic E-state index is -2.69. The predicted molar refractivity (Wildman–Crippen MR) is 160 cm³/mol.